The molecule has 0 aromatic heterocycles. The lowest BCUT2D eigenvalue weighted by atomic mass is 9.92. The van der Waals surface area contributed by atoms with Gasteiger partial charge in [0.2, 0.25) is 0 Å². The summed E-state index contributed by atoms with van der Waals surface area (Å²) >= 11 is 0. The van der Waals surface area contributed by atoms with Gasteiger partial charge in [-0.3, -0.25) is 10.1 Å². The second-order valence-corrected chi connectivity index (χ2v) is 6.30. The van der Waals surface area contributed by atoms with Crippen LogP contribution >= 0.6 is 0 Å². The van der Waals surface area contributed by atoms with Crippen molar-refractivity contribution in [3.63, 3.8) is 0 Å². The fraction of sp³-hybridized carbons (Fsp3) is 0.316. The predicted molar refractivity (Wildman–Crippen MR) is 88.8 cm³/mol. The quantitative estimate of drug-likeness (QED) is 0.877. The first-order valence-electron chi connectivity index (χ1n) is 7.91. The summed E-state index contributed by atoms with van der Waals surface area (Å²) in [7, 11) is 0. The van der Waals surface area contributed by atoms with Crippen LogP contribution in [0.25, 0.3) is 0 Å². The summed E-state index contributed by atoms with van der Waals surface area (Å²) in [6, 6.07) is 14.8. The van der Waals surface area contributed by atoms with Gasteiger partial charge in [0.15, 0.2) is 0 Å². The highest BCUT2D eigenvalue weighted by molar-refractivity contribution is 5.73. The van der Waals surface area contributed by atoms with E-state index >= 15 is 0 Å². The Morgan fingerprint density at radius 2 is 1.61 bits per heavy atom. The van der Waals surface area contributed by atoms with E-state index in [2.05, 4.69) is 5.32 Å². The van der Waals surface area contributed by atoms with Crippen LogP contribution in [0.2, 0.25) is 0 Å². The first kappa shape index (κ1) is 15.6. The molecule has 2 aromatic rings. The van der Waals surface area contributed by atoms with Gasteiger partial charge in [-0.05, 0) is 24.5 Å². The third-order valence-electron chi connectivity index (χ3n) is 4.05. The lowest BCUT2D eigenvalue weighted by Crippen LogP contribution is -2.41. The number of hydrogen-bond acceptors (Lipinski definition) is 3. The maximum atomic E-state index is 11.6. The van der Waals surface area contributed by atoms with Crippen LogP contribution in [0.15, 0.2) is 48.5 Å². The second kappa shape index (κ2) is 6.42. The normalized spacial score (nSPS) is 14.7. The fourth-order valence-electron chi connectivity index (χ4n) is 3.00. The number of nitrogens with one attached hydrogen (secondary N) is 1. The van der Waals surface area contributed by atoms with Crippen molar-refractivity contribution in [2.45, 2.75) is 32.4 Å². The Bertz CT molecular complexity index is 666. The van der Waals surface area contributed by atoms with Gasteiger partial charge in [-0.25, -0.2) is 0 Å². The summed E-state index contributed by atoms with van der Waals surface area (Å²) < 4.78 is 5.94. The van der Waals surface area contributed by atoms with Crippen molar-refractivity contribution >= 4 is 5.97 Å². The zero-order valence-electron chi connectivity index (χ0n) is 13.3. The number of carbonyl (C=O) groups is 1. The van der Waals surface area contributed by atoms with Crippen LogP contribution in [0.3, 0.4) is 0 Å². The highest BCUT2D eigenvalue weighted by atomic mass is 16.5. The summed E-state index contributed by atoms with van der Waals surface area (Å²) in [5, 5.41) is 12.9. The zero-order chi connectivity index (χ0) is 16.4. The molecule has 0 aliphatic carbocycles. The van der Waals surface area contributed by atoms with Gasteiger partial charge in [-0.15, -0.1) is 0 Å². The molecule has 0 unspecified atom stereocenters. The lowest BCUT2D eigenvalue weighted by Gasteiger charge is -2.31. The number of rotatable bonds is 5. The van der Waals surface area contributed by atoms with Crippen LogP contribution in [-0.2, 0) is 4.79 Å². The molecule has 1 aliphatic heterocycles. The van der Waals surface area contributed by atoms with Crippen LogP contribution in [0, 0.1) is 5.92 Å². The molecule has 1 atom stereocenters. The topological polar surface area (TPSA) is 58.6 Å². The van der Waals surface area contributed by atoms with Gasteiger partial charge in [0, 0.05) is 11.1 Å². The summed E-state index contributed by atoms with van der Waals surface area (Å²) in [4.78, 5) is 11.6. The van der Waals surface area contributed by atoms with E-state index in [1.807, 2.05) is 62.4 Å². The standard InChI is InChI=1S/C19H21NO3/c1-12(2)11-15(19(21)22)20-18-13-7-3-5-9-16(13)23-17-10-6-4-8-14(17)18/h3-10,12,15,18,20H,11H2,1-2H3,(H,21,22)/t15-/m0/s1. The zero-order valence-corrected chi connectivity index (χ0v) is 13.3. The molecule has 3 rings (SSSR count). The van der Waals surface area contributed by atoms with E-state index in [1.54, 1.807) is 0 Å². The third kappa shape index (κ3) is 3.22. The van der Waals surface area contributed by atoms with Crippen molar-refractivity contribution in [1.29, 1.82) is 0 Å². The molecule has 2 aromatic carbocycles. The number of carboxylic acid groups (broad SMARTS) is 1. The summed E-state index contributed by atoms with van der Waals surface area (Å²) in [5.74, 6) is 1.03. The molecular weight excluding hydrogens is 290 g/mol. The summed E-state index contributed by atoms with van der Waals surface area (Å²) in [6.07, 6.45) is 0.580. The van der Waals surface area contributed by atoms with Crippen LogP contribution < -0.4 is 10.1 Å². The minimum Gasteiger partial charge on any atom is -0.480 e. The predicted octanol–water partition coefficient (Wildman–Crippen LogP) is 3.97. The van der Waals surface area contributed by atoms with E-state index in [0.717, 1.165) is 22.6 Å². The Hall–Kier alpha value is -2.33. The van der Waals surface area contributed by atoms with Crippen LogP contribution in [0.4, 0.5) is 0 Å². The maximum Gasteiger partial charge on any atom is 0.320 e. The van der Waals surface area contributed by atoms with Gasteiger partial charge in [0.1, 0.15) is 17.5 Å². The molecule has 1 heterocycles. The SMILES string of the molecule is CC(C)C[C@H](NC1c2ccccc2Oc2ccccc21)C(=O)O. The van der Waals surface area contributed by atoms with Gasteiger partial charge in [-0.2, -0.15) is 0 Å². The Morgan fingerprint density at radius 3 is 2.09 bits per heavy atom. The average Bonchev–Trinajstić information content (AvgIpc) is 2.53. The molecule has 0 bridgehead atoms. The smallest absolute Gasteiger partial charge is 0.320 e. The Balaban J connectivity index is 1.99. The average molecular weight is 311 g/mol. The van der Waals surface area contributed by atoms with Gasteiger partial charge < -0.3 is 9.84 Å². The van der Waals surface area contributed by atoms with Gasteiger partial charge in [-0.1, -0.05) is 50.2 Å². The number of hydrogen-bond donors (Lipinski definition) is 2. The minimum atomic E-state index is -0.819. The molecule has 120 valence electrons. The van der Waals surface area contributed by atoms with Crippen LogP contribution in [0.5, 0.6) is 11.5 Å². The largest absolute Gasteiger partial charge is 0.480 e. The fourth-order valence-corrected chi connectivity index (χ4v) is 3.00. The molecule has 0 saturated carbocycles. The highest BCUT2D eigenvalue weighted by Crippen LogP contribution is 2.42. The second-order valence-electron chi connectivity index (χ2n) is 6.30. The van der Waals surface area contributed by atoms with Gasteiger partial charge in [0.25, 0.3) is 0 Å². The third-order valence-corrected chi connectivity index (χ3v) is 4.05. The van der Waals surface area contributed by atoms with Crippen molar-refractivity contribution < 1.29 is 14.6 Å². The molecule has 0 amide bonds. The minimum absolute atomic E-state index is 0.184. The van der Waals surface area contributed by atoms with E-state index in [0.29, 0.717) is 12.3 Å². The molecule has 0 radical (unpaired) electrons. The molecule has 0 fully saturated rings. The maximum absolute atomic E-state index is 11.6. The van der Waals surface area contributed by atoms with Crippen LogP contribution in [-0.4, -0.2) is 17.1 Å². The lowest BCUT2D eigenvalue weighted by molar-refractivity contribution is -0.140. The van der Waals surface area contributed by atoms with E-state index in [1.165, 1.54) is 0 Å². The van der Waals surface area contributed by atoms with E-state index in [9.17, 15) is 9.90 Å². The molecule has 4 heteroatoms. The van der Waals surface area contributed by atoms with Crippen molar-refractivity contribution in [2.24, 2.45) is 5.92 Å². The first-order chi connectivity index (χ1) is 11.1. The van der Waals surface area contributed by atoms with Crippen molar-refractivity contribution in [2.75, 3.05) is 0 Å². The van der Waals surface area contributed by atoms with E-state index in [4.69, 9.17) is 4.74 Å². The van der Waals surface area contributed by atoms with E-state index in [-0.39, 0.29) is 6.04 Å². The summed E-state index contributed by atoms with van der Waals surface area (Å²) in [6.45, 7) is 4.06. The molecule has 0 saturated heterocycles. The Morgan fingerprint density at radius 1 is 1.09 bits per heavy atom. The molecule has 2 N–H and O–H groups in total. The number of benzene rings is 2. The molecular formula is C19H21NO3. The highest BCUT2D eigenvalue weighted by Gasteiger charge is 2.30. The number of ether oxygens (including phenoxy) is 1. The first-order valence-corrected chi connectivity index (χ1v) is 7.91. The van der Waals surface area contributed by atoms with Gasteiger partial charge >= 0.3 is 5.97 Å². The van der Waals surface area contributed by atoms with Gasteiger partial charge in [0.05, 0.1) is 6.04 Å². The van der Waals surface area contributed by atoms with E-state index < -0.39 is 12.0 Å². The number of aliphatic carboxylic acids is 1. The number of carboxylic acids is 1. The van der Waals surface area contributed by atoms with Crippen LogP contribution in [0.1, 0.15) is 37.4 Å². The van der Waals surface area contributed by atoms with Crippen molar-refractivity contribution in [3.05, 3.63) is 59.7 Å². The molecule has 4 nitrogen and oxygen atoms in total. The number of fused-ring (bicyclic) bond motifs is 2. The summed E-state index contributed by atoms with van der Waals surface area (Å²) in [5.41, 5.74) is 1.95. The molecule has 23 heavy (non-hydrogen) atoms. The Kier molecular flexibility index (Phi) is 4.35. The monoisotopic (exact) mass is 311 g/mol. The Labute approximate surface area is 136 Å². The van der Waals surface area contributed by atoms with Crippen molar-refractivity contribution in [1.82, 2.24) is 5.32 Å². The molecule has 0 spiro atoms. The van der Waals surface area contributed by atoms with Crippen molar-refractivity contribution in [3.8, 4) is 11.5 Å². The molecule has 1 aliphatic rings. The number of para-hydroxylation sites is 2.